The van der Waals surface area contributed by atoms with E-state index in [1.165, 1.54) is 0 Å². The van der Waals surface area contributed by atoms with Gasteiger partial charge in [0.05, 0.1) is 18.7 Å². The number of rotatable bonds is 4. The maximum Gasteiger partial charge on any atom is 0.401 e. The van der Waals surface area contributed by atoms with Gasteiger partial charge in [-0.15, -0.1) is 0 Å². The van der Waals surface area contributed by atoms with Crippen molar-refractivity contribution < 1.29 is 18.3 Å². The van der Waals surface area contributed by atoms with Crippen molar-refractivity contribution in [1.29, 1.82) is 0 Å². The van der Waals surface area contributed by atoms with Gasteiger partial charge in [-0.1, -0.05) is 45.0 Å². The first kappa shape index (κ1) is 17.0. The van der Waals surface area contributed by atoms with E-state index in [4.69, 9.17) is 0 Å². The molecule has 0 aromatic heterocycles. The average Bonchev–Trinajstić information content (AvgIpc) is 2.34. The fraction of sp³-hybridized carbons (Fsp3) is 0.600. The zero-order valence-corrected chi connectivity index (χ0v) is 12.3. The van der Waals surface area contributed by atoms with Crippen LogP contribution < -0.4 is 5.32 Å². The van der Waals surface area contributed by atoms with E-state index < -0.39 is 24.9 Å². The minimum Gasteiger partial charge on any atom is -0.394 e. The smallest absolute Gasteiger partial charge is 0.394 e. The summed E-state index contributed by atoms with van der Waals surface area (Å²) in [5, 5.41) is 11.8. The number of halogens is 3. The molecule has 0 amide bonds. The largest absolute Gasteiger partial charge is 0.401 e. The molecule has 0 aliphatic carbocycles. The van der Waals surface area contributed by atoms with Crippen LogP contribution in [-0.2, 0) is 11.0 Å². The predicted octanol–water partition coefficient (Wildman–Crippen LogP) is 3.34. The Labute approximate surface area is 118 Å². The van der Waals surface area contributed by atoms with Gasteiger partial charge in [0.15, 0.2) is 0 Å². The number of hydrogen-bond donors (Lipinski definition) is 2. The summed E-state index contributed by atoms with van der Waals surface area (Å²) in [4.78, 5) is 0. The molecule has 0 spiro atoms. The van der Waals surface area contributed by atoms with Gasteiger partial charge in [0.2, 0.25) is 0 Å². The first-order valence-electron chi connectivity index (χ1n) is 6.52. The number of aliphatic hydroxyl groups is 1. The molecule has 2 nitrogen and oxygen atoms in total. The lowest BCUT2D eigenvalue weighted by Gasteiger charge is -2.31. The summed E-state index contributed by atoms with van der Waals surface area (Å²) in [5.41, 5.74) is 0.606. The van der Waals surface area contributed by atoms with Gasteiger partial charge >= 0.3 is 6.18 Å². The van der Waals surface area contributed by atoms with Crippen molar-refractivity contribution in [2.75, 3.05) is 13.2 Å². The minimum absolute atomic E-state index is 0.0203. The van der Waals surface area contributed by atoms with Crippen LogP contribution in [0, 0.1) is 0 Å². The van der Waals surface area contributed by atoms with E-state index in [2.05, 4.69) is 26.1 Å². The van der Waals surface area contributed by atoms with Gasteiger partial charge in [0, 0.05) is 0 Å². The summed E-state index contributed by atoms with van der Waals surface area (Å²) in [6.07, 6.45) is -4.30. The second-order valence-corrected chi connectivity index (χ2v) is 6.29. The van der Waals surface area contributed by atoms with Crippen molar-refractivity contribution in [3.8, 4) is 0 Å². The number of aliphatic hydroxyl groups excluding tert-OH is 1. The third-order valence-corrected chi connectivity index (χ3v) is 3.38. The van der Waals surface area contributed by atoms with E-state index in [1.807, 2.05) is 12.1 Å². The average molecular weight is 289 g/mol. The third kappa shape index (κ3) is 4.49. The minimum atomic E-state index is -4.30. The van der Waals surface area contributed by atoms with Crippen LogP contribution in [0.15, 0.2) is 24.3 Å². The first-order valence-corrected chi connectivity index (χ1v) is 6.52. The van der Waals surface area contributed by atoms with Crippen LogP contribution in [0.1, 0.15) is 38.8 Å². The Morgan fingerprint density at radius 1 is 0.950 bits per heavy atom. The van der Waals surface area contributed by atoms with Gasteiger partial charge in [0.25, 0.3) is 0 Å². The molecular weight excluding hydrogens is 267 g/mol. The summed E-state index contributed by atoms with van der Waals surface area (Å²) in [7, 11) is 0. The SMILES string of the molecule is CC(C)(C)c1ccc(C(C)(CO)NCC(F)(F)F)cc1. The van der Waals surface area contributed by atoms with E-state index in [0.29, 0.717) is 5.56 Å². The standard InChI is InChI=1S/C15H22F3NO/c1-13(2,3)11-5-7-12(8-6-11)14(4,10-20)19-9-15(16,17)18/h5-8,19-20H,9-10H2,1-4H3. The van der Waals surface area contributed by atoms with Gasteiger partial charge in [-0.2, -0.15) is 13.2 Å². The number of nitrogens with one attached hydrogen (secondary N) is 1. The van der Waals surface area contributed by atoms with Gasteiger partial charge in [0.1, 0.15) is 0 Å². The van der Waals surface area contributed by atoms with Crippen LogP contribution in [0.4, 0.5) is 13.2 Å². The summed E-state index contributed by atoms with van der Waals surface area (Å²) >= 11 is 0. The molecular formula is C15H22F3NO. The van der Waals surface area contributed by atoms with Crippen LogP contribution in [0.3, 0.4) is 0 Å². The van der Waals surface area contributed by atoms with Crippen molar-refractivity contribution in [2.45, 2.75) is 44.8 Å². The molecule has 0 fully saturated rings. The molecule has 114 valence electrons. The maximum atomic E-state index is 12.3. The summed E-state index contributed by atoms with van der Waals surface area (Å²) in [6, 6.07) is 7.30. The van der Waals surface area contributed by atoms with Crippen molar-refractivity contribution in [1.82, 2.24) is 5.32 Å². The highest BCUT2D eigenvalue weighted by atomic mass is 19.4. The monoisotopic (exact) mass is 289 g/mol. The van der Waals surface area contributed by atoms with Crippen LogP contribution in [0.25, 0.3) is 0 Å². The van der Waals surface area contributed by atoms with E-state index in [9.17, 15) is 18.3 Å². The molecule has 0 saturated carbocycles. The van der Waals surface area contributed by atoms with Crippen LogP contribution >= 0.6 is 0 Å². The molecule has 1 unspecified atom stereocenters. The Balaban J connectivity index is 2.94. The van der Waals surface area contributed by atoms with Crippen LogP contribution in [-0.4, -0.2) is 24.4 Å². The Morgan fingerprint density at radius 2 is 1.40 bits per heavy atom. The highest BCUT2D eigenvalue weighted by Crippen LogP contribution is 2.27. The lowest BCUT2D eigenvalue weighted by atomic mass is 9.84. The second kappa shape index (κ2) is 5.74. The molecule has 1 aromatic carbocycles. The molecule has 2 N–H and O–H groups in total. The van der Waals surface area contributed by atoms with Crippen LogP contribution in [0.2, 0.25) is 0 Å². The zero-order chi connectivity index (χ0) is 15.6. The van der Waals surface area contributed by atoms with Crippen molar-refractivity contribution in [2.24, 2.45) is 0 Å². The van der Waals surface area contributed by atoms with Gasteiger partial charge in [-0.05, 0) is 23.5 Å². The van der Waals surface area contributed by atoms with Gasteiger partial charge < -0.3 is 5.11 Å². The maximum absolute atomic E-state index is 12.3. The quantitative estimate of drug-likeness (QED) is 0.891. The van der Waals surface area contributed by atoms with E-state index in [0.717, 1.165) is 5.56 Å². The molecule has 20 heavy (non-hydrogen) atoms. The molecule has 0 heterocycles. The second-order valence-electron chi connectivity index (χ2n) is 6.29. The molecule has 0 radical (unpaired) electrons. The highest BCUT2D eigenvalue weighted by molar-refractivity contribution is 5.31. The lowest BCUT2D eigenvalue weighted by molar-refractivity contribution is -0.129. The molecule has 0 bridgehead atoms. The Kier molecular flexibility index (Phi) is 4.87. The fourth-order valence-corrected chi connectivity index (χ4v) is 1.88. The Morgan fingerprint density at radius 3 is 1.75 bits per heavy atom. The molecule has 0 saturated heterocycles. The number of alkyl halides is 3. The van der Waals surface area contributed by atoms with E-state index in [1.54, 1.807) is 19.1 Å². The Hall–Kier alpha value is -1.07. The molecule has 1 aromatic rings. The predicted molar refractivity (Wildman–Crippen MR) is 73.6 cm³/mol. The van der Waals surface area contributed by atoms with Crippen molar-refractivity contribution in [3.05, 3.63) is 35.4 Å². The van der Waals surface area contributed by atoms with Gasteiger partial charge in [-0.3, -0.25) is 5.32 Å². The van der Waals surface area contributed by atoms with Crippen molar-refractivity contribution in [3.63, 3.8) is 0 Å². The molecule has 5 heteroatoms. The van der Waals surface area contributed by atoms with Crippen molar-refractivity contribution >= 4 is 0 Å². The molecule has 0 aliphatic heterocycles. The molecule has 1 rings (SSSR count). The zero-order valence-electron chi connectivity index (χ0n) is 12.3. The fourth-order valence-electron chi connectivity index (χ4n) is 1.88. The van der Waals surface area contributed by atoms with Crippen LogP contribution in [0.5, 0.6) is 0 Å². The summed E-state index contributed by atoms with van der Waals surface area (Å²) < 4.78 is 36.9. The van der Waals surface area contributed by atoms with E-state index >= 15 is 0 Å². The topological polar surface area (TPSA) is 32.3 Å². The van der Waals surface area contributed by atoms with Gasteiger partial charge in [-0.25, -0.2) is 0 Å². The summed E-state index contributed by atoms with van der Waals surface area (Å²) in [6.45, 7) is 6.22. The lowest BCUT2D eigenvalue weighted by Crippen LogP contribution is -2.47. The third-order valence-electron chi connectivity index (χ3n) is 3.38. The first-order chi connectivity index (χ1) is 8.98. The number of hydrogen-bond acceptors (Lipinski definition) is 2. The highest BCUT2D eigenvalue weighted by Gasteiger charge is 2.33. The van der Waals surface area contributed by atoms with E-state index in [-0.39, 0.29) is 5.41 Å². The molecule has 1 atom stereocenters. The normalized spacial score (nSPS) is 16.0. The number of benzene rings is 1. The molecule has 0 aliphatic rings. The summed E-state index contributed by atoms with van der Waals surface area (Å²) in [5.74, 6) is 0. The Bertz CT molecular complexity index is 434.